The third-order valence-electron chi connectivity index (χ3n) is 6.17. The Kier molecular flexibility index (Phi) is 9.96. The van der Waals surface area contributed by atoms with Crippen LogP contribution in [0.15, 0.2) is 107 Å². The van der Waals surface area contributed by atoms with E-state index in [4.69, 9.17) is 0 Å². The smallest absolute Gasteiger partial charge is 0.744 e. The zero-order chi connectivity index (χ0) is 27.2. The Morgan fingerprint density at radius 2 is 0.725 bits per heavy atom. The number of hydrogen-bond donors (Lipinski definition) is 2. The first-order valence-electron chi connectivity index (χ1n) is 11.1. The first-order chi connectivity index (χ1) is 17.9. The molecule has 0 heterocycles. The van der Waals surface area contributed by atoms with Crippen molar-refractivity contribution in [2.24, 2.45) is 0 Å². The number of benzene rings is 6. The third-order valence-corrected chi connectivity index (χ3v) is 7.96. The molecule has 0 saturated heterocycles. The second-order valence-electron chi connectivity index (χ2n) is 8.56. The summed E-state index contributed by atoms with van der Waals surface area (Å²) in [6, 6.07) is 25.5. The van der Waals surface area contributed by atoms with E-state index in [9.17, 15) is 36.2 Å². The van der Waals surface area contributed by atoms with Crippen molar-refractivity contribution in [3.8, 4) is 11.5 Å². The van der Waals surface area contributed by atoms with Gasteiger partial charge in [-0.3, -0.25) is 0 Å². The molecule has 0 saturated carbocycles. The van der Waals surface area contributed by atoms with E-state index < -0.39 is 20.2 Å². The van der Waals surface area contributed by atoms with Crippen LogP contribution in [0.25, 0.3) is 43.1 Å². The Balaban J connectivity index is 0.000000210. The summed E-state index contributed by atoms with van der Waals surface area (Å²) in [5, 5.41) is 24.1. The molecule has 6 rings (SSSR count). The Morgan fingerprint density at radius 3 is 1.05 bits per heavy atom. The molecule has 6 aromatic carbocycles. The molecule has 0 aromatic heterocycles. The van der Waals surface area contributed by atoms with Gasteiger partial charge in [-0.1, -0.05) is 48.5 Å². The van der Waals surface area contributed by atoms with Crippen LogP contribution in [-0.4, -0.2) is 36.2 Å². The van der Waals surface area contributed by atoms with E-state index in [1.165, 1.54) is 24.3 Å². The van der Waals surface area contributed by atoms with Gasteiger partial charge in [-0.05, 0) is 80.8 Å². The van der Waals surface area contributed by atoms with E-state index in [0.717, 1.165) is 0 Å². The van der Waals surface area contributed by atoms with Gasteiger partial charge < -0.3 is 19.3 Å². The SMILES string of the molecule is O=S(=O)([O-])c1cccc2cc3c(O)cccc3cc12.O=S(=O)([O-])c1cccc2cc3c(O)cccc3cc12.[Na+].[Na+]. The van der Waals surface area contributed by atoms with Gasteiger partial charge in [0.15, 0.2) is 0 Å². The summed E-state index contributed by atoms with van der Waals surface area (Å²) in [6.45, 7) is 0. The number of aromatic hydroxyl groups is 2. The van der Waals surface area contributed by atoms with Gasteiger partial charge in [-0.2, -0.15) is 0 Å². The summed E-state index contributed by atoms with van der Waals surface area (Å²) in [6.07, 6.45) is 0. The van der Waals surface area contributed by atoms with Crippen molar-refractivity contribution in [3.63, 3.8) is 0 Å². The van der Waals surface area contributed by atoms with Crippen molar-refractivity contribution in [1.29, 1.82) is 0 Å². The largest absolute Gasteiger partial charge is 1.00 e. The average molecular weight is 593 g/mol. The Hall–Kier alpha value is -2.22. The van der Waals surface area contributed by atoms with Crippen molar-refractivity contribution in [2.45, 2.75) is 9.79 Å². The van der Waals surface area contributed by atoms with Gasteiger partial charge in [-0.15, -0.1) is 0 Å². The van der Waals surface area contributed by atoms with Crippen molar-refractivity contribution in [2.75, 3.05) is 0 Å². The summed E-state index contributed by atoms with van der Waals surface area (Å²) in [5.74, 6) is 0.240. The zero-order valence-corrected chi connectivity index (χ0v) is 27.0. The first-order valence-corrected chi connectivity index (χ1v) is 14.0. The van der Waals surface area contributed by atoms with Crippen LogP contribution in [0.1, 0.15) is 0 Å². The average Bonchev–Trinajstić information content (AvgIpc) is 2.86. The minimum absolute atomic E-state index is 0. The minimum Gasteiger partial charge on any atom is -0.744 e. The quantitative estimate of drug-likeness (QED) is 0.151. The Morgan fingerprint density at radius 1 is 0.450 bits per heavy atom. The standard InChI is InChI=1S/2C14H10O4S.2Na/c2*15-13-5-1-3-9-8-12-10(7-11(9)13)4-2-6-14(12)19(16,17)18;;/h2*1-8,15H,(H,16,17,18);;/q;;2*+1/p-2. The van der Waals surface area contributed by atoms with Crippen LogP contribution in [0, 0.1) is 0 Å². The van der Waals surface area contributed by atoms with Gasteiger partial charge in [0.2, 0.25) is 0 Å². The summed E-state index contributed by atoms with van der Waals surface area (Å²) in [5.41, 5.74) is 0. The van der Waals surface area contributed by atoms with Crippen LogP contribution < -0.4 is 59.1 Å². The van der Waals surface area contributed by atoms with Crippen LogP contribution in [0.4, 0.5) is 0 Å². The molecular weight excluding hydrogens is 574 g/mol. The summed E-state index contributed by atoms with van der Waals surface area (Å²) in [4.78, 5) is -0.481. The molecule has 0 aliphatic carbocycles. The maximum atomic E-state index is 11.2. The van der Waals surface area contributed by atoms with E-state index in [1.807, 2.05) is 0 Å². The van der Waals surface area contributed by atoms with Crippen LogP contribution in [0.2, 0.25) is 0 Å². The second-order valence-corrected chi connectivity index (χ2v) is 11.3. The number of rotatable bonds is 2. The molecule has 40 heavy (non-hydrogen) atoms. The van der Waals surface area contributed by atoms with E-state index in [-0.39, 0.29) is 80.4 Å². The molecule has 0 amide bonds. The molecule has 0 spiro atoms. The Bertz CT molecular complexity index is 1960. The summed E-state index contributed by atoms with van der Waals surface area (Å²) in [7, 11) is -9.04. The first kappa shape index (κ1) is 32.3. The van der Waals surface area contributed by atoms with Gasteiger partial charge >= 0.3 is 59.1 Å². The maximum absolute atomic E-state index is 11.2. The van der Waals surface area contributed by atoms with Crippen molar-refractivity contribution < 1.29 is 95.3 Å². The second kappa shape index (κ2) is 12.3. The molecule has 0 radical (unpaired) electrons. The topological polar surface area (TPSA) is 155 Å². The van der Waals surface area contributed by atoms with Gasteiger partial charge in [0.05, 0.1) is 9.79 Å². The summed E-state index contributed by atoms with van der Waals surface area (Å²) >= 11 is 0. The fourth-order valence-electron chi connectivity index (χ4n) is 4.45. The number of phenolic OH excluding ortho intramolecular Hbond substituents is 2. The van der Waals surface area contributed by atoms with Crippen LogP contribution in [0.3, 0.4) is 0 Å². The van der Waals surface area contributed by atoms with Crippen LogP contribution in [0.5, 0.6) is 11.5 Å². The number of phenols is 2. The van der Waals surface area contributed by atoms with E-state index in [2.05, 4.69) is 0 Å². The normalized spacial score (nSPS) is 11.4. The van der Waals surface area contributed by atoms with Crippen LogP contribution in [-0.2, 0) is 20.2 Å². The van der Waals surface area contributed by atoms with Crippen molar-refractivity contribution >= 4 is 63.3 Å². The minimum atomic E-state index is -4.52. The van der Waals surface area contributed by atoms with Crippen molar-refractivity contribution in [1.82, 2.24) is 0 Å². The molecule has 0 bridgehead atoms. The zero-order valence-electron chi connectivity index (χ0n) is 21.4. The predicted octanol–water partition coefficient (Wildman–Crippen LogP) is -0.787. The number of hydrogen-bond acceptors (Lipinski definition) is 8. The fraction of sp³-hybridized carbons (Fsp3) is 0. The number of fused-ring (bicyclic) bond motifs is 4. The van der Waals surface area contributed by atoms with Gasteiger partial charge in [0.25, 0.3) is 0 Å². The van der Waals surface area contributed by atoms with E-state index in [0.29, 0.717) is 43.1 Å². The molecule has 2 N–H and O–H groups in total. The molecule has 0 aliphatic rings. The molecule has 0 unspecified atom stereocenters. The molecule has 0 aliphatic heterocycles. The van der Waals surface area contributed by atoms with Gasteiger partial charge in [-0.25, -0.2) is 16.8 Å². The summed E-state index contributed by atoms with van der Waals surface area (Å²) < 4.78 is 67.5. The predicted molar refractivity (Wildman–Crippen MR) is 142 cm³/mol. The molecule has 192 valence electrons. The van der Waals surface area contributed by atoms with Crippen molar-refractivity contribution in [3.05, 3.63) is 97.1 Å². The maximum Gasteiger partial charge on any atom is 1.00 e. The molecule has 0 fully saturated rings. The monoisotopic (exact) mass is 592 g/mol. The molecule has 8 nitrogen and oxygen atoms in total. The fourth-order valence-corrected chi connectivity index (χ4v) is 5.83. The third kappa shape index (κ3) is 6.47. The van der Waals surface area contributed by atoms with E-state index in [1.54, 1.807) is 72.8 Å². The van der Waals surface area contributed by atoms with Gasteiger partial charge in [0.1, 0.15) is 31.7 Å². The molecule has 12 heteroatoms. The molecular formula is C28H18Na2O8S2. The molecule has 0 atom stereocenters. The Labute approximate surface area is 274 Å². The van der Waals surface area contributed by atoms with Gasteiger partial charge in [0, 0.05) is 10.8 Å². The van der Waals surface area contributed by atoms with Crippen LogP contribution >= 0.6 is 0 Å². The molecule has 6 aromatic rings. The van der Waals surface area contributed by atoms with E-state index >= 15 is 0 Å².